The number of H-pyrrole nitrogens is 1. The molecule has 1 aliphatic heterocycles. The van der Waals surface area contributed by atoms with Crippen molar-refractivity contribution >= 4 is 11.3 Å². The first-order valence-corrected chi connectivity index (χ1v) is 10.7. The molecule has 0 aliphatic carbocycles. The fourth-order valence-electron chi connectivity index (χ4n) is 3.57. The molecule has 0 saturated carbocycles. The number of thiazole rings is 1. The second-order valence-electron chi connectivity index (χ2n) is 7.37. The molecule has 0 saturated heterocycles. The quantitative estimate of drug-likeness (QED) is 0.646. The van der Waals surface area contributed by atoms with Crippen LogP contribution < -0.4 is 5.56 Å². The first-order valence-electron chi connectivity index (χ1n) is 9.79. The van der Waals surface area contributed by atoms with Crippen LogP contribution in [-0.2, 0) is 32.1 Å². The highest BCUT2D eigenvalue weighted by atomic mass is 32.1. The van der Waals surface area contributed by atoms with Crippen LogP contribution >= 0.6 is 11.3 Å². The van der Waals surface area contributed by atoms with Gasteiger partial charge in [-0.15, -0.1) is 11.3 Å². The van der Waals surface area contributed by atoms with E-state index in [1.165, 1.54) is 23.5 Å². The number of alkyl halides is 3. The number of benzene rings is 1. The molecule has 0 bridgehead atoms. The van der Waals surface area contributed by atoms with Crippen molar-refractivity contribution in [3.8, 4) is 10.6 Å². The molecule has 0 spiro atoms. The molecular formula is C21H21F3N4OS. The molecule has 4 rings (SSSR count). The van der Waals surface area contributed by atoms with Gasteiger partial charge in [0.25, 0.3) is 5.56 Å². The van der Waals surface area contributed by atoms with Gasteiger partial charge in [-0.3, -0.25) is 9.69 Å². The van der Waals surface area contributed by atoms with Gasteiger partial charge in [0.2, 0.25) is 0 Å². The van der Waals surface area contributed by atoms with Gasteiger partial charge >= 0.3 is 6.18 Å². The molecule has 3 aromatic rings. The summed E-state index contributed by atoms with van der Waals surface area (Å²) in [5.74, 6) is 0.746. The minimum absolute atomic E-state index is 0.0723. The van der Waals surface area contributed by atoms with Crippen LogP contribution in [0.25, 0.3) is 10.6 Å². The number of nitrogens with one attached hydrogen (secondary N) is 1. The molecule has 0 amide bonds. The highest BCUT2D eigenvalue weighted by Gasteiger charge is 2.30. The summed E-state index contributed by atoms with van der Waals surface area (Å²) in [6, 6.07) is 5.04. The van der Waals surface area contributed by atoms with Crippen molar-refractivity contribution in [3.05, 3.63) is 68.3 Å². The summed E-state index contributed by atoms with van der Waals surface area (Å²) in [7, 11) is 0. The summed E-state index contributed by atoms with van der Waals surface area (Å²) in [6.07, 6.45) is -1.94. The SMILES string of the molecule is CCCc1nc2c(c(=O)[nH]1)CN(Cc1csc(-c3ccc(C(F)(F)F)cc3)n1)CC2. The Morgan fingerprint density at radius 3 is 2.67 bits per heavy atom. The van der Waals surface area contributed by atoms with E-state index in [4.69, 9.17) is 0 Å². The zero-order chi connectivity index (χ0) is 21.3. The van der Waals surface area contributed by atoms with Gasteiger partial charge in [0.1, 0.15) is 10.8 Å². The number of aromatic amines is 1. The number of aromatic nitrogens is 3. The summed E-state index contributed by atoms with van der Waals surface area (Å²) >= 11 is 1.40. The number of hydrogen-bond donors (Lipinski definition) is 1. The molecule has 9 heteroatoms. The minimum atomic E-state index is -4.35. The number of fused-ring (bicyclic) bond motifs is 1. The number of rotatable bonds is 5. The van der Waals surface area contributed by atoms with E-state index >= 15 is 0 Å². The van der Waals surface area contributed by atoms with Crippen molar-refractivity contribution in [2.45, 2.75) is 45.5 Å². The summed E-state index contributed by atoms with van der Waals surface area (Å²) in [6.45, 7) is 3.92. The molecule has 5 nitrogen and oxygen atoms in total. The molecule has 1 aromatic carbocycles. The number of halogens is 3. The molecule has 0 unspecified atom stereocenters. The molecular weight excluding hydrogens is 413 g/mol. The molecule has 0 radical (unpaired) electrons. The zero-order valence-electron chi connectivity index (χ0n) is 16.4. The fraction of sp³-hybridized carbons (Fsp3) is 0.381. The van der Waals surface area contributed by atoms with Crippen molar-refractivity contribution in [3.63, 3.8) is 0 Å². The van der Waals surface area contributed by atoms with E-state index in [9.17, 15) is 18.0 Å². The van der Waals surface area contributed by atoms with Crippen LogP contribution in [0.15, 0.2) is 34.4 Å². The molecule has 3 heterocycles. The van der Waals surface area contributed by atoms with Crippen LogP contribution in [-0.4, -0.2) is 26.4 Å². The average Bonchev–Trinajstić information content (AvgIpc) is 3.17. The van der Waals surface area contributed by atoms with Gasteiger partial charge < -0.3 is 4.98 Å². The third-order valence-electron chi connectivity index (χ3n) is 5.08. The lowest BCUT2D eigenvalue weighted by Crippen LogP contribution is -2.35. The van der Waals surface area contributed by atoms with Crippen LogP contribution in [0, 0.1) is 0 Å². The second kappa shape index (κ2) is 8.31. The van der Waals surface area contributed by atoms with Crippen LogP contribution in [0.1, 0.15) is 41.7 Å². The lowest BCUT2D eigenvalue weighted by molar-refractivity contribution is -0.137. The lowest BCUT2D eigenvalue weighted by atomic mass is 10.1. The van der Waals surface area contributed by atoms with Gasteiger partial charge in [0.05, 0.1) is 22.5 Å². The van der Waals surface area contributed by atoms with Gasteiger partial charge in [0, 0.05) is 43.4 Å². The Morgan fingerprint density at radius 2 is 1.97 bits per heavy atom. The van der Waals surface area contributed by atoms with Gasteiger partial charge in [-0.05, 0) is 18.6 Å². The number of nitrogens with zero attached hydrogens (tertiary/aromatic N) is 3. The summed E-state index contributed by atoms with van der Waals surface area (Å²) < 4.78 is 38.2. The maximum atomic E-state index is 12.7. The zero-order valence-corrected chi connectivity index (χ0v) is 17.2. The van der Waals surface area contributed by atoms with Crippen molar-refractivity contribution in [2.75, 3.05) is 6.54 Å². The fourth-order valence-corrected chi connectivity index (χ4v) is 4.38. The van der Waals surface area contributed by atoms with E-state index in [-0.39, 0.29) is 5.56 Å². The molecule has 2 aromatic heterocycles. The lowest BCUT2D eigenvalue weighted by Gasteiger charge is -2.27. The van der Waals surface area contributed by atoms with Crippen molar-refractivity contribution in [2.24, 2.45) is 0 Å². The van der Waals surface area contributed by atoms with Crippen molar-refractivity contribution < 1.29 is 13.2 Å². The smallest absolute Gasteiger partial charge is 0.310 e. The summed E-state index contributed by atoms with van der Waals surface area (Å²) in [5.41, 5.74) is 2.34. The number of hydrogen-bond acceptors (Lipinski definition) is 5. The normalized spacial score (nSPS) is 14.7. The molecule has 158 valence electrons. The summed E-state index contributed by atoms with van der Waals surface area (Å²) in [4.78, 5) is 26.6. The van der Waals surface area contributed by atoms with Gasteiger partial charge in [-0.2, -0.15) is 13.2 Å². The van der Waals surface area contributed by atoms with Crippen molar-refractivity contribution in [1.29, 1.82) is 0 Å². The third kappa shape index (κ3) is 4.46. The Morgan fingerprint density at radius 1 is 1.20 bits per heavy atom. The van der Waals surface area contributed by atoms with Gasteiger partial charge in [-0.25, -0.2) is 9.97 Å². The van der Waals surface area contributed by atoms with E-state index in [2.05, 4.69) is 19.9 Å². The van der Waals surface area contributed by atoms with E-state index in [0.717, 1.165) is 48.7 Å². The topological polar surface area (TPSA) is 61.9 Å². The number of aryl methyl sites for hydroxylation is 1. The van der Waals surface area contributed by atoms with E-state index in [1.807, 2.05) is 12.3 Å². The maximum absolute atomic E-state index is 12.7. The van der Waals surface area contributed by atoms with Crippen LogP contribution in [0.2, 0.25) is 0 Å². The first kappa shape index (κ1) is 20.7. The van der Waals surface area contributed by atoms with Crippen LogP contribution in [0.5, 0.6) is 0 Å². The Bertz CT molecular complexity index is 1090. The molecule has 1 aliphatic rings. The molecule has 0 fully saturated rings. The first-order chi connectivity index (χ1) is 14.3. The highest BCUT2D eigenvalue weighted by molar-refractivity contribution is 7.13. The standard InChI is InChI=1S/C21H21F3N4OS/c1-2-3-18-26-17-8-9-28(11-16(17)19(29)27-18)10-15-12-30-20(25-15)13-4-6-14(7-5-13)21(22,23)24/h4-7,12H,2-3,8-11H2,1H3,(H,26,27,29). The Kier molecular flexibility index (Phi) is 5.75. The predicted molar refractivity (Wildman–Crippen MR) is 109 cm³/mol. The van der Waals surface area contributed by atoms with Crippen LogP contribution in [0.4, 0.5) is 13.2 Å². The second-order valence-corrected chi connectivity index (χ2v) is 8.23. The van der Waals surface area contributed by atoms with Crippen molar-refractivity contribution in [1.82, 2.24) is 19.9 Å². The van der Waals surface area contributed by atoms with E-state index < -0.39 is 11.7 Å². The Hall–Kier alpha value is -2.52. The van der Waals surface area contributed by atoms with E-state index in [1.54, 1.807) is 0 Å². The van der Waals surface area contributed by atoms with Crippen LogP contribution in [0.3, 0.4) is 0 Å². The Labute approximate surface area is 175 Å². The molecule has 0 atom stereocenters. The molecule has 30 heavy (non-hydrogen) atoms. The predicted octanol–water partition coefficient (Wildman–Crippen LogP) is 4.42. The third-order valence-corrected chi connectivity index (χ3v) is 6.02. The Balaban J connectivity index is 1.45. The summed E-state index contributed by atoms with van der Waals surface area (Å²) in [5, 5.41) is 2.59. The monoisotopic (exact) mass is 434 g/mol. The minimum Gasteiger partial charge on any atom is -0.310 e. The van der Waals surface area contributed by atoms with Gasteiger partial charge in [0.15, 0.2) is 0 Å². The largest absolute Gasteiger partial charge is 0.416 e. The van der Waals surface area contributed by atoms with Gasteiger partial charge in [-0.1, -0.05) is 19.1 Å². The van der Waals surface area contributed by atoms with E-state index in [0.29, 0.717) is 35.6 Å². The molecule has 1 N–H and O–H groups in total. The highest BCUT2D eigenvalue weighted by Crippen LogP contribution is 2.32. The average molecular weight is 434 g/mol. The maximum Gasteiger partial charge on any atom is 0.416 e.